The number of benzene rings is 2. The average Bonchev–Trinajstić information content (AvgIpc) is 2.40. The number of halogens is 3. The maximum absolute atomic E-state index is 13.7. The van der Waals surface area contributed by atoms with Crippen molar-refractivity contribution in [1.82, 2.24) is 0 Å². The van der Waals surface area contributed by atoms with Gasteiger partial charge in [-0.05, 0) is 24.3 Å². The average molecular weight is 312 g/mol. The van der Waals surface area contributed by atoms with Gasteiger partial charge in [-0.25, -0.2) is 13.6 Å². The number of nitrogens with one attached hydrogen (secondary N) is 1. The standard InChI is InChI=1S/C14H8ClF2NO3/c15-8-4-2-5-9(16)11(8)13(19)18-12-7(14(20)21)3-1-6-10(12)17/h1-6H,(H,18,19)(H,20,21). The Labute approximate surface area is 123 Å². The molecule has 0 heterocycles. The van der Waals surface area contributed by atoms with E-state index in [9.17, 15) is 18.4 Å². The lowest BCUT2D eigenvalue weighted by atomic mass is 10.1. The molecule has 2 N–H and O–H groups in total. The van der Waals surface area contributed by atoms with Crippen LogP contribution in [-0.2, 0) is 0 Å². The Bertz CT molecular complexity index is 714. The minimum absolute atomic E-state index is 0.166. The first-order valence-electron chi connectivity index (χ1n) is 5.69. The van der Waals surface area contributed by atoms with Gasteiger partial charge >= 0.3 is 5.97 Å². The van der Waals surface area contributed by atoms with Gasteiger partial charge in [0.05, 0.1) is 21.8 Å². The normalized spacial score (nSPS) is 10.2. The van der Waals surface area contributed by atoms with Crippen molar-refractivity contribution in [3.63, 3.8) is 0 Å². The van der Waals surface area contributed by atoms with E-state index in [0.29, 0.717) is 0 Å². The molecule has 0 fully saturated rings. The van der Waals surface area contributed by atoms with Crippen LogP contribution in [0.2, 0.25) is 5.02 Å². The highest BCUT2D eigenvalue weighted by atomic mass is 35.5. The van der Waals surface area contributed by atoms with Gasteiger partial charge in [-0.2, -0.15) is 0 Å². The fourth-order valence-corrected chi connectivity index (χ4v) is 1.97. The number of hydrogen-bond donors (Lipinski definition) is 2. The van der Waals surface area contributed by atoms with E-state index in [1.165, 1.54) is 18.2 Å². The summed E-state index contributed by atoms with van der Waals surface area (Å²) < 4.78 is 27.3. The van der Waals surface area contributed by atoms with Crippen molar-refractivity contribution in [2.24, 2.45) is 0 Å². The van der Waals surface area contributed by atoms with E-state index in [4.69, 9.17) is 16.7 Å². The predicted molar refractivity (Wildman–Crippen MR) is 72.7 cm³/mol. The second-order valence-corrected chi connectivity index (χ2v) is 4.43. The van der Waals surface area contributed by atoms with Gasteiger partial charge in [-0.3, -0.25) is 4.79 Å². The Morgan fingerprint density at radius 1 is 1.05 bits per heavy atom. The van der Waals surface area contributed by atoms with Gasteiger partial charge in [-0.15, -0.1) is 0 Å². The maximum Gasteiger partial charge on any atom is 0.337 e. The van der Waals surface area contributed by atoms with Crippen molar-refractivity contribution in [2.45, 2.75) is 0 Å². The van der Waals surface area contributed by atoms with Crippen molar-refractivity contribution in [2.75, 3.05) is 5.32 Å². The summed E-state index contributed by atoms with van der Waals surface area (Å²) in [5, 5.41) is 10.8. The topological polar surface area (TPSA) is 66.4 Å². The van der Waals surface area contributed by atoms with Crippen LogP contribution >= 0.6 is 11.6 Å². The van der Waals surface area contributed by atoms with Gasteiger partial charge in [0.25, 0.3) is 5.91 Å². The molecular formula is C14H8ClF2NO3. The van der Waals surface area contributed by atoms with Crippen LogP contribution in [-0.4, -0.2) is 17.0 Å². The molecule has 108 valence electrons. The molecule has 0 saturated heterocycles. The molecule has 0 aliphatic carbocycles. The molecule has 0 unspecified atom stereocenters. The van der Waals surface area contributed by atoms with Crippen LogP contribution in [0, 0.1) is 11.6 Å². The van der Waals surface area contributed by atoms with Crippen molar-refractivity contribution in [3.8, 4) is 0 Å². The summed E-state index contributed by atoms with van der Waals surface area (Å²) in [7, 11) is 0. The zero-order valence-corrected chi connectivity index (χ0v) is 11.1. The predicted octanol–water partition coefficient (Wildman–Crippen LogP) is 3.57. The van der Waals surface area contributed by atoms with Crippen molar-refractivity contribution in [3.05, 3.63) is 64.2 Å². The molecule has 0 bridgehead atoms. The number of carbonyl (C=O) groups excluding carboxylic acids is 1. The number of carboxylic acid groups (broad SMARTS) is 1. The van der Waals surface area contributed by atoms with Crippen molar-refractivity contribution < 1.29 is 23.5 Å². The number of aromatic carboxylic acids is 1. The van der Waals surface area contributed by atoms with Crippen LogP contribution in [0.25, 0.3) is 0 Å². The third-order valence-electron chi connectivity index (χ3n) is 2.67. The minimum atomic E-state index is -1.43. The van der Waals surface area contributed by atoms with Crippen LogP contribution in [0.5, 0.6) is 0 Å². The summed E-state index contributed by atoms with van der Waals surface area (Å²) in [6, 6.07) is 6.89. The SMILES string of the molecule is O=C(O)c1cccc(F)c1NC(=O)c1c(F)cccc1Cl. The summed E-state index contributed by atoms with van der Waals surface area (Å²) >= 11 is 5.72. The Balaban J connectivity index is 2.44. The fraction of sp³-hybridized carbons (Fsp3) is 0. The number of anilines is 1. The summed E-state index contributed by atoms with van der Waals surface area (Å²) in [6.45, 7) is 0. The third kappa shape index (κ3) is 3.00. The van der Waals surface area contributed by atoms with E-state index >= 15 is 0 Å². The maximum atomic E-state index is 13.7. The van der Waals surface area contributed by atoms with Crippen LogP contribution in [0.3, 0.4) is 0 Å². The lowest BCUT2D eigenvalue weighted by Crippen LogP contribution is -2.18. The number of carboxylic acids is 1. The molecule has 21 heavy (non-hydrogen) atoms. The first-order valence-corrected chi connectivity index (χ1v) is 6.06. The first-order chi connectivity index (χ1) is 9.91. The molecule has 2 rings (SSSR count). The molecule has 0 atom stereocenters. The van der Waals surface area contributed by atoms with E-state index in [1.54, 1.807) is 0 Å². The molecule has 0 aliphatic heterocycles. The largest absolute Gasteiger partial charge is 0.478 e. The molecule has 0 aliphatic rings. The molecule has 1 amide bonds. The van der Waals surface area contributed by atoms with Gasteiger partial charge in [0.2, 0.25) is 0 Å². The van der Waals surface area contributed by atoms with E-state index in [2.05, 4.69) is 0 Å². The summed E-state index contributed by atoms with van der Waals surface area (Å²) in [4.78, 5) is 23.0. The summed E-state index contributed by atoms with van der Waals surface area (Å²) in [6.07, 6.45) is 0. The fourth-order valence-electron chi connectivity index (χ4n) is 1.72. The van der Waals surface area contributed by atoms with Crippen molar-refractivity contribution in [1.29, 1.82) is 0 Å². The highest BCUT2D eigenvalue weighted by Crippen LogP contribution is 2.24. The molecule has 0 spiro atoms. The summed E-state index contributed by atoms with van der Waals surface area (Å²) in [5.74, 6) is -4.31. The quantitative estimate of drug-likeness (QED) is 0.910. The van der Waals surface area contributed by atoms with Gasteiger partial charge in [0.1, 0.15) is 11.6 Å². The Morgan fingerprint density at radius 2 is 1.67 bits per heavy atom. The highest BCUT2D eigenvalue weighted by Gasteiger charge is 2.21. The van der Waals surface area contributed by atoms with E-state index in [-0.39, 0.29) is 5.02 Å². The van der Waals surface area contributed by atoms with Gasteiger partial charge in [-0.1, -0.05) is 23.7 Å². The molecule has 0 saturated carbocycles. The second kappa shape index (κ2) is 5.88. The molecular weight excluding hydrogens is 304 g/mol. The monoisotopic (exact) mass is 311 g/mol. The molecule has 2 aromatic rings. The number of carbonyl (C=O) groups is 2. The number of amides is 1. The Morgan fingerprint density at radius 3 is 2.29 bits per heavy atom. The van der Waals surface area contributed by atoms with Gasteiger partial charge < -0.3 is 10.4 Å². The lowest BCUT2D eigenvalue weighted by molar-refractivity contribution is 0.0697. The second-order valence-electron chi connectivity index (χ2n) is 4.02. The molecule has 7 heteroatoms. The smallest absolute Gasteiger partial charge is 0.337 e. The number of hydrogen-bond acceptors (Lipinski definition) is 2. The van der Waals surface area contributed by atoms with E-state index < -0.39 is 40.3 Å². The van der Waals surface area contributed by atoms with Crippen LogP contribution < -0.4 is 5.32 Å². The third-order valence-corrected chi connectivity index (χ3v) is 2.99. The van der Waals surface area contributed by atoms with Gasteiger partial charge in [0, 0.05) is 0 Å². The Kier molecular flexibility index (Phi) is 4.18. The van der Waals surface area contributed by atoms with Crippen LogP contribution in [0.4, 0.5) is 14.5 Å². The van der Waals surface area contributed by atoms with E-state index in [0.717, 1.165) is 18.2 Å². The summed E-state index contributed by atoms with van der Waals surface area (Å²) in [5.41, 5.74) is -1.48. The first kappa shape index (κ1) is 14.9. The number of para-hydroxylation sites is 1. The van der Waals surface area contributed by atoms with Gasteiger partial charge in [0.15, 0.2) is 0 Å². The lowest BCUT2D eigenvalue weighted by Gasteiger charge is -2.10. The van der Waals surface area contributed by atoms with Crippen LogP contribution in [0.15, 0.2) is 36.4 Å². The minimum Gasteiger partial charge on any atom is -0.478 e. The molecule has 4 nitrogen and oxygen atoms in total. The highest BCUT2D eigenvalue weighted by molar-refractivity contribution is 6.34. The zero-order valence-electron chi connectivity index (χ0n) is 10.4. The number of rotatable bonds is 3. The molecule has 2 aromatic carbocycles. The zero-order chi connectivity index (χ0) is 15.6. The molecule has 0 radical (unpaired) electrons. The van der Waals surface area contributed by atoms with Crippen molar-refractivity contribution >= 4 is 29.2 Å². The molecule has 0 aromatic heterocycles. The van der Waals surface area contributed by atoms with E-state index in [1.807, 2.05) is 5.32 Å². The Hall–Kier alpha value is -2.47. The van der Waals surface area contributed by atoms with Crippen LogP contribution in [0.1, 0.15) is 20.7 Å².